The Balaban J connectivity index is 1.04. The smallest absolute Gasteiger partial charge is 0.159 e. The molecule has 0 heterocycles. The molecule has 0 bridgehead atoms. The summed E-state index contributed by atoms with van der Waals surface area (Å²) >= 11 is 0. The van der Waals surface area contributed by atoms with E-state index < -0.39 is 23.3 Å². The number of unbranched alkanes of at least 4 members (excludes halogenated alkanes) is 2. The van der Waals surface area contributed by atoms with Gasteiger partial charge >= 0.3 is 0 Å². The van der Waals surface area contributed by atoms with Gasteiger partial charge in [-0.2, -0.15) is 0 Å². The lowest BCUT2D eigenvalue weighted by molar-refractivity contribution is -0.0934. The third kappa shape index (κ3) is 11.7. The summed E-state index contributed by atoms with van der Waals surface area (Å²) in [4.78, 5) is 0. The molecule has 2 atom stereocenters. The summed E-state index contributed by atoms with van der Waals surface area (Å²) in [6.07, 6.45) is 28.7. The zero-order chi connectivity index (χ0) is 43.7. The molecule has 0 aliphatic heterocycles. The van der Waals surface area contributed by atoms with Gasteiger partial charge in [-0.25, -0.2) is 17.6 Å². The largest absolute Gasteiger partial charge is 0.365 e. The first kappa shape index (κ1) is 46.1. The topological polar surface area (TPSA) is 9.23 Å². The van der Waals surface area contributed by atoms with Crippen LogP contribution in [0.2, 0.25) is 0 Å². The third-order valence-electron chi connectivity index (χ3n) is 16.8. The van der Waals surface area contributed by atoms with Gasteiger partial charge in [-0.15, -0.1) is 0 Å². The highest BCUT2D eigenvalue weighted by Crippen LogP contribution is 2.51. The summed E-state index contributed by atoms with van der Waals surface area (Å²) in [6, 6.07) is 25.1. The van der Waals surface area contributed by atoms with Crippen LogP contribution in [0.3, 0.4) is 0 Å². The molecule has 4 aromatic carbocycles. The van der Waals surface area contributed by atoms with Gasteiger partial charge in [-0.3, -0.25) is 0 Å². The molecular formula is C58H74F4O. The maximum atomic E-state index is 14.3. The van der Waals surface area contributed by atoms with Crippen LogP contribution in [0.1, 0.15) is 178 Å². The molecule has 340 valence electrons. The summed E-state index contributed by atoms with van der Waals surface area (Å²) in [5.74, 6) is 2.53. The number of hydrogen-bond donors (Lipinski definition) is 0. The van der Waals surface area contributed by atoms with Crippen LogP contribution in [-0.2, 0) is 4.74 Å². The second-order valence-corrected chi connectivity index (χ2v) is 20.7. The van der Waals surface area contributed by atoms with Crippen LogP contribution in [0.25, 0.3) is 22.3 Å². The normalized spacial score (nSPS) is 27.8. The third-order valence-corrected chi connectivity index (χ3v) is 16.8. The molecule has 1 nitrogen and oxygen atoms in total. The molecule has 2 unspecified atom stereocenters. The van der Waals surface area contributed by atoms with Crippen LogP contribution in [0.5, 0.6) is 0 Å². The molecule has 4 aromatic rings. The molecule has 5 heteroatoms. The van der Waals surface area contributed by atoms with E-state index in [-0.39, 0.29) is 12.2 Å². The lowest BCUT2D eigenvalue weighted by atomic mass is 9.67. The maximum Gasteiger partial charge on any atom is 0.159 e. The van der Waals surface area contributed by atoms with Gasteiger partial charge in [0.05, 0.1) is 12.2 Å². The Labute approximate surface area is 377 Å². The minimum atomic E-state index is -0.836. The molecule has 0 amide bonds. The van der Waals surface area contributed by atoms with Crippen molar-refractivity contribution in [1.29, 1.82) is 0 Å². The lowest BCUT2D eigenvalue weighted by Crippen LogP contribution is -2.31. The molecule has 63 heavy (non-hydrogen) atoms. The van der Waals surface area contributed by atoms with E-state index in [0.717, 1.165) is 83.4 Å². The van der Waals surface area contributed by atoms with Crippen LogP contribution >= 0.6 is 0 Å². The Bertz CT molecular complexity index is 1850. The van der Waals surface area contributed by atoms with Gasteiger partial charge in [-0.05, 0) is 182 Å². The predicted octanol–water partition coefficient (Wildman–Crippen LogP) is 18.0. The number of halogens is 4. The Morgan fingerprint density at radius 2 is 0.714 bits per heavy atom. The SMILES string of the molecule is CCCCC1CCC(C2CCC(C(OC(c3ccc(-c4ccc(F)c(F)c4)cc3)C3CCC(C4CCC(CCCC)CC4)CC3)c3ccc(-c4ccc(F)c(F)c4)cc3)CC2)CC1. The van der Waals surface area contributed by atoms with Gasteiger partial charge in [0.2, 0.25) is 0 Å². The van der Waals surface area contributed by atoms with Gasteiger partial charge in [0.1, 0.15) is 0 Å². The number of benzene rings is 4. The van der Waals surface area contributed by atoms with E-state index in [1.807, 2.05) is 0 Å². The van der Waals surface area contributed by atoms with Crippen molar-refractivity contribution in [2.75, 3.05) is 0 Å². The molecular weight excluding hydrogens is 789 g/mol. The van der Waals surface area contributed by atoms with Gasteiger partial charge in [0.15, 0.2) is 23.3 Å². The Hall–Kier alpha value is -3.44. The molecule has 4 fully saturated rings. The van der Waals surface area contributed by atoms with Crippen LogP contribution in [0.4, 0.5) is 17.6 Å². The van der Waals surface area contributed by atoms with E-state index in [0.29, 0.717) is 23.0 Å². The standard InChI is InChI=1S/C58H74F4O/c1-3-5-7-39-9-13-41(14-10-39)43-17-25-47(26-18-43)57(49-29-21-45(22-30-49)51-33-35-53(59)55(61)37-51)63-58(50-31-23-46(24-32-50)52-34-36-54(60)56(62)38-52)48-27-19-44(20-28-48)42-15-11-40(12-16-42)8-6-4-2/h21-24,29-44,47-48,57-58H,3-20,25-28H2,1-2H3. The first-order valence-corrected chi connectivity index (χ1v) is 25.5. The molecule has 0 saturated heterocycles. The second-order valence-electron chi connectivity index (χ2n) is 20.7. The monoisotopic (exact) mass is 863 g/mol. The van der Waals surface area contributed by atoms with E-state index in [4.69, 9.17) is 4.74 Å². The summed E-state index contributed by atoms with van der Waals surface area (Å²) in [7, 11) is 0. The average molecular weight is 863 g/mol. The van der Waals surface area contributed by atoms with E-state index in [2.05, 4.69) is 62.4 Å². The van der Waals surface area contributed by atoms with Crippen molar-refractivity contribution >= 4 is 0 Å². The Kier molecular flexibility index (Phi) is 16.2. The number of rotatable bonds is 16. The van der Waals surface area contributed by atoms with E-state index in [1.165, 1.54) is 140 Å². The molecule has 0 aromatic heterocycles. The van der Waals surface area contributed by atoms with E-state index >= 15 is 0 Å². The molecule has 4 aliphatic rings. The minimum Gasteiger partial charge on any atom is -0.365 e. The van der Waals surface area contributed by atoms with Crippen molar-refractivity contribution in [3.63, 3.8) is 0 Å². The number of ether oxygens (including phenoxy) is 1. The fourth-order valence-electron chi connectivity index (χ4n) is 12.9. The summed E-state index contributed by atoms with van der Waals surface area (Å²) in [6.45, 7) is 4.62. The molecule has 8 rings (SSSR count). The predicted molar refractivity (Wildman–Crippen MR) is 251 cm³/mol. The highest BCUT2D eigenvalue weighted by Gasteiger charge is 2.39. The molecule has 0 radical (unpaired) electrons. The van der Waals surface area contributed by atoms with Crippen molar-refractivity contribution in [1.82, 2.24) is 0 Å². The number of hydrogen-bond acceptors (Lipinski definition) is 1. The van der Waals surface area contributed by atoms with Crippen molar-refractivity contribution < 1.29 is 22.3 Å². The van der Waals surface area contributed by atoms with Crippen LogP contribution < -0.4 is 0 Å². The lowest BCUT2D eigenvalue weighted by Gasteiger charge is -2.43. The fraction of sp³-hybridized carbons (Fsp3) is 0.586. The average Bonchev–Trinajstić information content (AvgIpc) is 3.33. The fourth-order valence-corrected chi connectivity index (χ4v) is 12.9. The van der Waals surface area contributed by atoms with Crippen LogP contribution in [0, 0.1) is 70.6 Å². The quantitative estimate of drug-likeness (QED) is 0.102. The van der Waals surface area contributed by atoms with E-state index in [1.54, 1.807) is 12.1 Å². The highest BCUT2D eigenvalue weighted by atomic mass is 19.2. The van der Waals surface area contributed by atoms with Crippen molar-refractivity contribution in [2.45, 2.75) is 167 Å². The van der Waals surface area contributed by atoms with Crippen molar-refractivity contribution in [2.24, 2.45) is 47.3 Å². The van der Waals surface area contributed by atoms with Crippen molar-refractivity contribution in [3.8, 4) is 22.3 Å². The molecule has 4 saturated carbocycles. The molecule has 0 spiro atoms. The molecule has 0 N–H and O–H groups in total. The minimum absolute atomic E-state index is 0.110. The summed E-state index contributed by atoms with van der Waals surface area (Å²) < 4.78 is 64.2. The second kappa shape index (κ2) is 22.2. The van der Waals surface area contributed by atoms with Crippen LogP contribution in [-0.4, -0.2) is 0 Å². The van der Waals surface area contributed by atoms with Crippen LogP contribution in [0.15, 0.2) is 84.9 Å². The van der Waals surface area contributed by atoms with E-state index in [9.17, 15) is 17.6 Å². The summed E-state index contributed by atoms with van der Waals surface area (Å²) in [5.41, 5.74) is 5.34. The van der Waals surface area contributed by atoms with Gasteiger partial charge in [0.25, 0.3) is 0 Å². The van der Waals surface area contributed by atoms with Gasteiger partial charge in [-0.1, -0.05) is 139 Å². The maximum absolute atomic E-state index is 14.3. The zero-order valence-electron chi connectivity index (χ0n) is 38.3. The zero-order valence-corrected chi connectivity index (χ0v) is 38.3. The molecule has 4 aliphatic carbocycles. The van der Waals surface area contributed by atoms with Crippen molar-refractivity contribution in [3.05, 3.63) is 119 Å². The van der Waals surface area contributed by atoms with Gasteiger partial charge in [0, 0.05) is 0 Å². The first-order chi connectivity index (χ1) is 30.8. The first-order valence-electron chi connectivity index (χ1n) is 25.5. The Morgan fingerprint density at radius 1 is 0.397 bits per heavy atom. The van der Waals surface area contributed by atoms with Gasteiger partial charge < -0.3 is 4.74 Å². The Morgan fingerprint density at radius 3 is 1.03 bits per heavy atom. The highest BCUT2D eigenvalue weighted by molar-refractivity contribution is 5.64. The summed E-state index contributed by atoms with van der Waals surface area (Å²) in [5, 5.41) is 0.